The summed E-state index contributed by atoms with van der Waals surface area (Å²) in [6.07, 6.45) is 0. The van der Waals surface area contributed by atoms with Gasteiger partial charge >= 0.3 is 0 Å². The number of rotatable bonds is 4. The van der Waals surface area contributed by atoms with Crippen LogP contribution in [0.15, 0.2) is 93.3 Å². The maximum Gasteiger partial charge on any atom is 0.291 e. The molecule has 136 valence electrons. The van der Waals surface area contributed by atoms with E-state index in [0.29, 0.717) is 17.0 Å². The molecule has 2 aromatic heterocycles. The number of nitrogens with zero attached hydrogens (tertiary/aromatic N) is 1. The molecule has 0 spiro atoms. The molecule has 0 radical (unpaired) electrons. The molecule has 5 rings (SSSR count). The monoisotopic (exact) mass is 385 g/mol. The van der Waals surface area contributed by atoms with Crippen molar-refractivity contribution in [3.63, 3.8) is 0 Å². The summed E-state index contributed by atoms with van der Waals surface area (Å²) in [5, 5.41) is 4.61. The Hall–Kier alpha value is -3.51. The number of hydrogen-bond donors (Lipinski definition) is 2. The zero-order valence-electron chi connectivity index (χ0n) is 14.7. The number of carbonyl (C=O) groups excluding carboxylic acids is 1. The number of fused-ring (bicyclic) bond motifs is 2. The highest BCUT2D eigenvalue weighted by atomic mass is 32.2. The maximum absolute atomic E-state index is 12.4. The van der Waals surface area contributed by atoms with Crippen molar-refractivity contribution in [3.8, 4) is 0 Å². The lowest BCUT2D eigenvalue weighted by atomic mass is 10.2. The summed E-state index contributed by atoms with van der Waals surface area (Å²) in [7, 11) is 0. The number of aromatic nitrogens is 2. The average molecular weight is 385 g/mol. The number of aromatic amines is 1. The van der Waals surface area contributed by atoms with Crippen molar-refractivity contribution >= 4 is 45.4 Å². The molecule has 0 aliphatic carbocycles. The van der Waals surface area contributed by atoms with Gasteiger partial charge in [-0.15, -0.1) is 0 Å². The van der Waals surface area contributed by atoms with Crippen LogP contribution in [-0.2, 0) is 0 Å². The van der Waals surface area contributed by atoms with Crippen molar-refractivity contribution in [3.05, 3.63) is 84.6 Å². The third-order valence-electron chi connectivity index (χ3n) is 4.34. The second-order valence-electron chi connectivity index (χ2n) is 6.29. The summed E-state index contributed by atoms with van der Waals surface area (Å²) < 4.78 is 5.61. The van der Waals surface area contributed by atoms with Gasteiger partial charge in [-0.05, 0) is 48.5 Å². The normalized spacial score (nSPS) is 11.1. The molecule has 0 saturated heterocycles. The summed E-state index contributed by atoms with van der Waals surface area (Å²) >= 11 is 1.54. The molecular formula is C22H15N3O2S. The van der Waals surface area contributed by atoms with Gasteiger partial charge in [-0.1, -0.05) is 42.1 Å². The van der Waals surface area contributed by atoms with Gasteiger partial charge in [-0.3, -0.25) is 4.79 Å². The summed E-state index contributed by atoms with van der Waals surface area (Å²) in [5.41, 5.74) is 3.36. The van der Waals surface area contributed by atoms with Crippen LogP contribution >= 0.6 is 11.8 Å². The number of anilines is 1. The minimum absolute atomic E-state index is 0.270. The summed E-state index contributed by atoms with van der Waals surface area (Å²) in [4.78, 5) is 21.3. The molecule has 0 bridgehead atoms. The first-order valence-corrected chi connectivity index (χ1v) is 9.59. The van der Waals surface area contributed by atoms with Crippen LogP contribution in [0.4, 0.5) is 5.69 Å². The molecule has 0 saturated carbocycles. The topological polar surface area (TPSA) is 70.9 Å². The van der Waals surface area contributed by atoms with Crippen LogP contribution in [0.25, 0.3) is 22.0 Å². The number of benzene rings is 3. The second-order valence-corrected chi connectivity index (χ2v) is 7.35. The Morgan fingerprint density at radius 2 is 1.75 bits per heavy atom. The van der Waals surface area contributed by atoms with E-state index in [1.807, 2.05) is 72.8 Å². The third kappa shape index (κ3) is 3.25. The molecule has 1 amide bonds. The van der Waals surface area contributed by atoms with E-state index in [1.165, 1.54) is 0 Å². The highest BCUT2D eigenvalue weighted by Gasteiger charge is 2.12. The lowest BCUT2D eigenvalue weighted by Crippen LogP contribution is -2.10. The summed E-state index contributed by atoms with van der Waals surface area (Å²) in [6, 6.07) is 24.9. The number of para-hydroxylation sites is 3. The first kappa shape index (κ1) is 16.6. The van der Waals surface area contributed by atoms with E-state index in [0.717, 1.165) is 26.5 Å². The molecule has 0 atom stereocenters. The first-order valence-electron chi connectivity index (χ1n) is 8.77. The van der Waals surface area contributed by atoms with Gasteiger partial charge in [0.05, 0.1) is 11.0 Å². The Morgan fingerprint density at radius 3 is 2.57 bits per heavy atom. The van der Waals surface area contributed by atoms with Gasteiger partial charge in [0, 0.05) is 16.0 Å². The Morgan fingerprint density at radius 1 is 0.964 bits per heavy atom. The van der Waals surface area contributed by atoms with Crippen molar-refractivity contribution in [2.45, 2.75) is 10.1 Å². The molecule has 28 heavy (non-hydrogen) atoms. The van der Waals surface area contributed by atoms with Crippen LogP contribution in [0.2, 0.25) is 0 Å². The lowest BCUT2D eigenvalue weighted by Gasteiger charge is -2.04. The number of H-pyrrole nitrogens is 1. The SMILES string of the molecule is O=C(Nc1ccc(Sc2nc3ccccc3[nH]2)cc1)c1cc2ccccc2o1. The van der Waals surface area contributed by atoms with Gasteiger partial charge < -0.3 is 14.7 Å². The van der Waals surface area contributed by atoms with E-state index in [1.54, 1.807) is 17.8 Å². The van der Waals surface area contributed by atoms with E-state index in [9.17, 15) is 4.79 Å². The maximum atomic E-state index is 12.4. The Labute approximate surface area is 164 Å². The predicted octanol–water partition coefficient (Wildman–Crippen LogP) is 5.71. The minimum Gasteiger partial charge on any atom is -0.451 e. The number of furan rings is 1. The van der Waals surface area contributed by atoms with Gasteiger partial charge in [0.25, 0.3) is 5.91 Å². The van der Waals surface area contributed by atoms with Crippen LogP contribution in [-0.4, -0.2) is 15.9 Å². The molecule has 0 unspecified atom stereocenters. The van der Waals surface area contributed by atoms with E-state index in [-0.39, 0.29) is 5.91 Å². The van der Waals surface area contributed by atoms with Crippen LogP contribution in [0.5, 0.6) is 0 Å². The Bertz CT molecular complexity index is 1220. The zero-order valence-corrected chi connectivity index (χ0v) is 15.5. The summed E-state index contributed by atoms with van der Waals surface area (Å²) in [6.45, 7) is 0. The fraction of sp³-hybridized carbons (Fsp3) is 0. The molecular weight excluding hydrogens is 370 g/mol. The Balaban J connectivity index is 1.29. The quantitative estimate of drug-likeness (QED) is 0.415. The van der Waals surface area contributed by atoms with Crippen molar-refractivity contribution < 1.29 is 9.21 Å². The standard InChI is InChI=1S/C22H15N3O2S/c26-21(20-13-14-5-1-4-8-19(14)27-20)23-15-9-11-16(12-10-15)28-22-24-17-6-2-3-7-18(17)25-22/h1-13H,(H,23,26)(H,24,25). The van der Waals surface area contributed by atoms with Crippen LogP contribution in [0.3, 0.4) is 0 Å². The highest BCUT2D eigenvalue weighted by Crippen LogP contribution is 2.28. The fourth-order valence-corrected chi connectivity index (χ4v) is 3.78. The lowest BCUT2D eigenvalue weighted by molar-refractivity contribution is 0.0998. The number of nitrogens with one attached hydrogen (secondary N) is 2. The van der Waals surface area contributed by atoms with E-state index in [2.05, 4.69) is 15.3 Å². The van der Waals surface area contributed by atoms with Crippen molar-refractivity contribution in [2.24, 2.45) is 0 Å². The predicted molar refractivity (Wildman–Crippen MR) is 111 cm³/mol. The number of hydrogen-bond acceptors (Lipinski definition) is 4. The van der Waals surface area contributed by atoms with E-state index in [4.69, 9.17) is 4.42 Å². The highest BCUT2D eigenvalue weighted by molar-refractivity contribution is 7.99. The molecule has 0 fully saturated rings. The average Bonchev–Trinajstić information content (AvgIpc) is 3.33. The largest absolute Gasteiger partial charge is 0.451 e. The van der Waals surface area contributed by atoms with E-state index < -0.39 is 0 Å². The molecule has 2 heterocycles. The number of carbonyl (C=O) groups is 1. The van der Waals surface area contributed by atoms with Gasteiger partial charge in [-0.25, -0.2) is 4.98 Å². The zero-order chi connectivity index (χ0) is 18.9. The number of amides is 1. The van der Waals surface area contributed by atoms with Crippen LogP contribution < -0.4 is 5.32 Å². The molecule has 5 nitrogen and oxygen atoms in total. The van der Waals surface area contributed by atoms with Crippen molar-refractivity contribution in [2.75, 3.05) is 5.32 Å². The fourth-order valence-electron chi connectivity index (χ4n) is 2.98. The van der Waals surface area contributed by atoms with Crippen molar-refractivity contribution in [1.82, 2.24) is 9.97 Å². The van der Waals surface area contributed by atoms with Gasteiger partial charge in [0.2, 0.25) is 0 Å². The molecule has 0 aliphatic rings. The second kappa shape index (κ2) is 6.90. The number of imidazole rings is 1. The third-order valence-corrected chi connectivity index (χ3v) is 5.24. The summed E-state index contributed by atoms with van der Waals surface area (Å²) in [5.74, 6) is 0.0239. The molecule has 5 aromatic rings. The van der Waals surface area contributed by atoms with Crippen molar-refractivity contribution in [1.29, 1.82) is 0 Å². The van der Waals surface area contributed by atoms with E-state index >= 15 is 0 Å². The first-order chi connectivity index (χ1) is 13.7. The molecule has 6 heteroatoms. The molecule has 2 N–H and O–H groups in total. The minimum atomic E-state index is -0.270. The Kier molecular flexibility index (Phi) is 4.10. The molecule has 3 aromatic carbocycles. The van der Waals surface area contributed by atoms with Crippen LogP contribution in [0, 0.1) is 0 Å². The van der Waals surface area contributed by atoms with Gasteiger partial charge in [-0.2, -0.15) is 0 Å². The smallest absolute Gasteiger partial charge is 0.291 e. The molecule has 0 aliphatic heterocycles. The van der Waals surface area contributed by atoms with Gasteiger partial charge in [0.1, 0.15) is 5.58 Å². The van der Waals surface area contributed by atoms with Gasteiger partial charge in [0.15, 0.2) is 10.9 Å². The van der Waals surface area contributed by atoms with Crippen LogP contribution in [0.1, 0.15) is 10.6 Å².